The third-order valence-electron chi connectivity index (χ3n) is 4.99. The quantitative estimate of drug-likeness (QED) is 0.325. The maximum atomic E-state index is 13.0. The second kappa shape index (κ2) is 10.4. The van der Waals surface area contributed by atoms with E-state index in [1.807, 2.05) is 38.1 Å². The molecule has 34 heavy (non-hydrogen) atoms. The van der Waals surface area contributed by atoms with E-state index in [0.29, 0.717) is 35.0 Å². The molecule has 3 aromatic carbocycles. The number of carbonyl (C=O) groups excluding carboxylic acids is 2. The van der Waals surface area contributed by atoms with Crippen LogP contribution in [0.15, 0.2) is 89.5 Å². The molecule has 0 saturated carbocycles. The number of rotatable bonds is 8. The van der Waals surface area contributed by atoms with E-state index in [1.165, 1.54) is 6.26 Å². The first-order valence-electron chi connectivity index (χ1n) is 10.8. The Bertz CT molecular complexity index is 1280. The molecule has 0 spiro atoms. The number of benzene rings is 3. The molecule has 2 N–H and O–H groups in total. The summed E-state index contributed by atoms with van der Waals surface area (Å²) in [4.78, 5) is 25.3. The second-order valence-electron chi connectivity index (χ2n) is 7.42. The average Bonchev–Trinajstić information content (AvgIpc) is 3.38. The van der Waals surface area contributed by atoms with Gasteiger partial charge < -0.3 is 24.5 Å². The fourth-order valence-corrected chi connectivity index (χ4v) is 3.24. The van der Waals surface area contributed by atoms with Crippen molar-refractivity contribution in [3.05, 3.63) is 102 Å². The molecule has 7 nitrogen and oxygen atoms in total. The molecule has 0 atom stereocenters. The van der Waals surface area contributed by atoms with E-state index in [1.54, 1.807) is 54.6 Å². The molecule has 1 aromatic heterocycles. The molecule has 0 aliphatic rings. The summed E-state index contributed by atoms with van der Waals surface area (Å²) in [7, 11) is 0. The maximum Gasteiger partial charge on any atom is 0.291 e. The first-order valence-corrected chi connectivity index (χ1v) is 10.8. The van der Waals surface area contributed by atoms with Crippen molar-refractivity contribution >= 4 is 23.2 Å². The Balaban J connectivity index is 1.49. The van der Waals surface area contributed by atoms with Gasteiger partial charge in [0.15, 0.2) is 11.5 Å². The molecule has 0 aliphatic heterocycles. The number of ether oxygens (including phenoxy) is 2. The van der Waals surface area contributed by atoms with Crippen molar-refractivity contribution in [3.8, 4) is 17.2 Å². The van der Waals surface area contributed by atoms with Gasteiger partial charge in [-0.2, -0.15) is 0 Å². The summed E-state index contributed by atoms with van der Waals surface area (Å²) in [6.45, 7) is 4.36. The molecule has 7 heteroatoms. The Morgan fingerprint density at radius 1 is 0.824 bits per heavy atom. The molecule has 172 valence electrons. The first kappa shape index (κ1) is 22.7. The van der Waals surface area contributed by atoms with Gasteiger partial charge in [0.2, 0.25) is 0 Å². The Morgan fingerprint density at radius 3 is 2.29 bits per heavy atom. The Morgan fingerprint density at radius 2 is 1.56 bits per heavy atom. The van der Waals surface area contributed by atoms with Crippen LogP contribution in [-0.2, 0) is 0 Å². The summed E-state index contributed by atoms with van der Waals surface area (Å²) in [5.41, 5.74) is 2.24. The topological polar surface area (TPSA) is 89.8 Å². The number of hydrogen-bond donors (Lipinski definition) is 2. The fourth-order valence-electron chi connectivity index (χ4n) is 3.24. The first-order chi connectivity index (χ1) is 16.5. The molecular formula is C27H24N2O5. The molecular weight excluding hydrogens is 432 g/mol. The van der Waals surface area contributed by atoms with Crippen LogP contribution in [0.5, 0.6) is 17.2 Å². The Labute approximate surface area is 197 Å². The summed E-state index contributed by atoms with van der Waals surface area (Å²) < 4.78 is 16.6. The fraction of sp³-hybridized carbons (Fsp3) is 0.111. The lowest BCUT2D eigenvalue weighted by atomic mass is 10.1. The second-order valence-corrected chi connectivity index (χ2v) is 7.42. The minimum Gasteiger partial charge on any atom is -0.494 e. The predicted molar refractivity (Wildman–Crippen MR) is 130 cm³/mol. The average molecular weight is 456 g/mol. The minimum atomic E-state index is -0.389. The zero-order chi connectivity index (χ0) is 23.9. The van der Waals surface area contributed by atoms with Gasteiger partial charge in [-0.05, 0) is 80.1 Å². The van der Waals surface area contributed by atoms with Crippen LogP contribution in [0, 0.1) is 6.92 Å². The lowest BCUT2D eigenvalue weighted by Crippen LogP contribution is -2.15. The lowest BCUT2D eigenvalue weighted by molar-refractivity contribution is 0.0993. The summed E-state index contributed by atoms with van der Waals surface area (Å²) in [6, 6.07) is 22.7. The summed E-state index contributed by atoms with van der Waals surface area (Å²) >= 11 is 0. The standard InChI is InChI=1S/C27H24N2O5/c1-3-32-20-12-14-21(15-13-20)34-24-8-5-4-7-22(24)28-26(30)19-11-10-18(2)23(17-19)29-27(31)25-9-6-16-33-25/h4-17H,3H2,1-2H3,(H,28,30)(H,29,31). The number of para-hydroxylation sites is 2. The maximum absolute atomic E-state index is 13.0. The predicted octanol–water partition coefficient (Wildman–Crippen LogP) is 6.28. The number of carbonyl (C=O) groups is 2. The normalized spacial score (nSPS) is 10.4. The van der Waals surface area contributed by atoms with Crippen LogP contribution >= 0.6 is 0 Å². The smallest absolute Gasteiger partial charge is 0.291 e. The molecule has 1 heterocycles. The lowest BCUT2D eigenvalue weighted by Gasteiger charge is -2.14. The molecule has 4 rings (SSSR count). The summed E-state index contributed by atoms with van der Waals surface area (Å²) in [5, 5.41) is 5.67. The molecule has 0 aliphatic carbocycles. The van der Waals surface area contributed by atoms with Crippen LogP contribution in [0.1, 0.15) is 33.4 Å². The zero-order valence-electron chi connectivity index (χ0n) is 18.8. The van der Waals surface area contributed by atoms with Crippen molar-refractivity contribution in [2.75, 3.05) is 17.2 Å². The number of furan rings is 1. The van der Waals surface area contributed by atoms with Crippen molar-refractivity contribution in [1.82, 2.24) is 0 Å². The number of nitrogens with one attached hydrogen (secondary N) is 2. The zero-order valence-corrected chi connectivity index (χ0v) is 18.8. The van der Waals surface area contributed by atoms with Crippen LogP contribution in [0.3, 0.4) is 0 Å². The van der Waals surface area contributed by atoms with Gasteiger partial charge in [0.05, 0.1) is 18.6 Å². The molecule has 0 radical (unpaired) electrons. The molecule has 4 aromatic rings. The Kier molecular flexibility index (Phi) is 6.93. The number of hydrogen-bond acceptors (Lipinski definition) is 5. The van der Waals surface area contributed by atoms with E-state index in [9.17, 15) is 9.59 Å². The van der Waals surface area contributed by atoms with Gasteiger partial charge in [-0.15, -0.1) is 0 Å². The van der Waals surface area contributed by atoms with Gasteiger partial charge in [0.1, 0.15) is 11.5 Å². The van der Waals surface area contributed by atoms with Crippen LogP contribution in [0.4, 0.5) is 11.4 Å². The van der Waals surface area contributed by atoms with Crippen molar-refractivity contribution in [1.29, 1.82) is 0 Å². The van der Waals surface area contributed by atoms with Crippen LogP contribution in [0.2, 0.25) is 0 Å². The van der Waals surface area contributed by atoms with Crippen molar-refractivity contribution in [2.24, 2.45) is 0 Å². The molecule has 0 fully saturated rings. The van der Waals surface area contributed by atoms with Crippen molar-refractivity contribution in [3.63, 3.8) is 0 Å². The SMILES string of the molecule is CCOc1ccc(Oc2ccccc2NC(=O)c2ccc(C)c(NC(=O)c3ccco3)c2)cc1. The van der Waals surface area contributed by atoms with E-state index in [2.05, 4.69) is 10.6 Å². The van der Waals surface area contributed by atoms with Gasteiger partial charge in [-0.1, -0.05) is 18.2 Å². The van der Waals surface area contributed by atoms with Crippen LogP contribution in [0.25, 0.3) is 0 Å². The highest BCUT2D eigenvalue weighted by molar-refractivity contribution is 6.07. The summed E-state index contributed by atoms with van der Waals surface area (Å²) in [5.74, 6) is 1.33. The number of anilines is 2. The van der Waals surface area contributed by atoms with Crippen LogP contribution < -0.4 is 20.1 Å². The van der Waals surface area contributed by atoms with E-state index in [-0.39, 0.29) is 17.6 Å². The van der Waals surface area contributed by atoms with E-state index < -0.39 is 0 Å². The summed E-state index contributed by atoms with van der Waals surface area (Å²) in [6.07, 6.45) is 1.43. The van der Waals surface area contributed by atoms with Gasteiger partial charge in [0, 0.05) is 11.3 Å². The van der Waals surface area contributed by atoms with Gasteiger partial charge in [-0.25, -0.2) is 0 Å². The highest BCUT2D eigenvalue weighted by Gasteiger charge is 2.15. The Hall–Kier alpha value is -4.52. The highest BCUT2D eigenvalue weighted by Crippen LogP contribution is 2.31. The van der Waals surface area contributed by atoms with Crippen LogP contribution in [-0.4, -0.2) is 18.4 Å². The largest absolute Gasteiger partial charge is 0.494 e. The molecule has 0 unspecified atom stereocenters. The van der Waals surface area contributed by atoms with E-state index >= 15 is 0 Å². The molecule has 0 saturated heterocycles. The van der Waals surface area contributed by atoms with E-state index in [4.69, 9.17) is 13.9 Å². The number of amides is 2. The monoisotopic (exact) mass is 456 g/mol. The third kappa shape index (κ3) is 5.45. The minimum absolute atomic E-state index is 0.189. The van der Waals surface area contributed by atoms with Gasteiger partial charge >= 0.3 is 0 Å². The van der Waals surface area contributed by atoms with Crippen molar-refractivity contribution < 1.29 is 23.5 Å². The van der Waals surface area contributed by atoms with Gasteiger partial charge in [-0.3, -0.25) is 9.59 Å². The van der Waals surface area contributed by atoms with E-state index in [0.717, 1.165) is 11.3 Å². The van der Waals surface area contributed by atoms with Crippen molar-refractivity contribution in [2.45, 2.75) is 13.8 Å². The third-order valence-corrected chi connectivity index (χ3v) is 4.99. The molecule has 0 bridgehead atoms. The molecule has 2 amide bonds. The highest BCUT2D eigenvalue weighted by atomic mass is 16.5. The number of aryl methyl sites for hydroxylation is 1. The van der Waals surface area contributed by atoms with Gasteiger partial charge in [0.25, 0.3) is 11.8 Å².